The van der Waals surface area contributed by atoms with E-state index >= 15 is 0 Å². The Labute approximate surface area is 112 Å². The maximum absolute atomic E-state index is 12.4. The first-order chi connectivity index (χ1) is 7.92. The van der Waals surface area contributed by atoms with Crippen molar-refractivity contribution in [1.29, 1.82) is 5.26 Å². The molecule has 90 valence electrons. The zero-order valence-corrected chi connectivity index (χ0v) is 11.5. The zero-order chi connectivity index (χ0) is 12.6. The lowest BCUT2D eigenvalue weighted by atomic mass is 10.2. The van der Waals surface area contributed by atoms with E-state index in [2.05, 4.69) is 15.9 Å². The number of hydrogen-bond acceptors (Lipinski definition) is 3. The van der Waals surface area contributed by atoms with Crippen LogP contribution in [-0.4, -0.2) is 5.51 Å². The van der Waals surface area contributed by atoms with Crippen LogP contribution in [0.2, 0.25) is 0 Å². The van der Waals surface area contributed by atoms with Crippen LogP contribution in [-0.2, 0) is 0 Å². The summed E-state index contributed by atoms with van der Waals surface area (Å²) < 4.78 is 38.9. The highest BCUT2D eigenvalue weighted by Gasteiger charge is 2.32. The van der Waals surface area contributed by atoms with Gasteiger partial charge in [-0.15, -0.1) is 11.3 Å². The smallest absolute Gasteiger partial charge is 0.191 e. The highest BCUT2D eigenvalue weighted by atomic mass is 79.9. The van der Waals surface area contributed by atoms with Crippen LogP contribution in [0.25, 0.3) is 10.6 Å². The van der Waals surface area contributed by atoms with Gasteiger partial charge in [-0.05, 0) is 24.6 Å². The van der Waals surface area contributed by atoms with Crippen molar-refractivity contribution in [3.8, 4) is 6.07 Å². The van der Waals surface area contributed by atoms with Gasteiger partial charge in [0.25, 0.3) is 0 Å². The topological polar surface area (TPSA) is 23.8 Å². The molecule has 0 bridgehead atoms. The maximum atomic E-state index is 12.4. The molecule has 1 nitrogen and oxygen atoms in total. The number of halogens is 4. The Morgan fingerprint density at radius 3 is 2.76 bits per heavy atom. The summed E-state index contributed by atoms with van der Waals surface area (Å²) >= 11 is 4.26. The molecule has 0 aliphatic heterocycles. The van der Waals surface area contributed by atoms with Crippen LogP contribution in [0.15, 0.2) is 4.90 Å². The van der Waals surface area contributed by atoms with Gasteiger partial charge in [0, 0.05) is 14.2 Å². The molecule has 1 aromatic rings. The fourth-order valence-corrected chi connectivity index (χ4v) is 4.19. The average Bonchev–Trinajstić information content (AvgIpc) is 2.56. The molecule has 17 heavy (non-hydrogen) atoms. The Morgan fingerprint density at radius 1 is 1.47 bits per heavy atom. The molecular weight excluding hydrogens is 335 g/mol. The van der Waals surface area contributed by atoms with Crippen LogP contribution in [0.3, 0.4) is 0 Å². The molecule has 0 atom stereocenters. The summed E-state index contributed by atoms with van der Waals surface area (Å²) in [5.74, 6) is 0. The molecule has 0 spiro atoms. The highest BCUT2D eigenvalue weighted by Crippen LogP contribution is 2.37. The molecule has 7 heteroatoms. The second-order valence-electron chi connectivity index (χ2n) is 3.31. The van der Waals surface area contributed by atoms with Crippen molar-refractivity contribution < 1.29 is 13.2 Å². The lowest BCUT2D eigenvalue weighted by Gasteiger charge is -2.05. The van der Waals surface area contributed by atoms with Crippen LogP contribution < -0.4 is 9.75 Å². The van der Waals surface area contributed by atoms with Gasteiger partial charge < -0.3 is 0 Å². The molecule has 0 saturated heterocycles. The number of nitrogens with zero attached hydrogens (tertiary/aromatic N) is 1. The van der Waals surface area contributed by atoms with Gasteiger partial charge in [0.15, 0.2) is 0 Å². The summed E-state index contributed by atoms with van der Waals surface area (Å²) in [5.41, 5.74) is -4.36. The number of thioether (sulfide) groups is 1. The summed E-state index contributed by atoms with van der Waals surface area (Å²) in [6.45, 7) is 0. The van der Waals surface area contributed by atoms with Crippen molar-refractivity contribution in [2.45, 2.75) is 23.2 Å². The van der Waals surface area contributed by atoms with Crippen molar-refractivity contribution in [3.63, 3.8) is 0 Å². The first kappa shape index (κ1) is 13.0. The molecule has 0 amide bonds. The largest absolute Gasteiger partial charge is 0.446 e. The lowest BCUT2D eigenvalue weighted by Crippen LogP contribution is -2.24. The minimum atomic E-state index is -4.36. The van der Waals surface area contributed by atoms with E-state index < -0.39 is 5.51 Å². The van der Waals surface area contributed by atoms with Crippen molar-refractivity contribution in [1.82, 2.24) is 0 Å². The van der Waals surface area contributed by atoms with E-state index in [1.807, 2.05) is 6.07 Å². The molecule has 0 N–H and O–H groups in total. The van der Waals surface area contributed by atoms with Crippen LogP contribution in [0, 0.1) is 11.3 Å². The Hall–Kier alpha value is -0.450. The molecule has 0 fully saturated rings. The summed E-state index contributed by atoms with van der Waals surface area (Å²) in [6.07, 6.45) is 3.24. The van der Waals surface area contributed by atoms with E-state index in [0.29, 0.717) is 11.6 Å². The lowest BCUT2D eigenvalue weighted by molar-refractivity contribution is -0.0328. The van der Waals surface area contributed by atoms with Crippen molar-refractivity contribution in [2.24, 2.45) is 0 Å². The van der Waals surface area contributed by atoms with Gasteiger partial charge in [0.1, 0.15) is 10.9 Å². The average molecular weight is 340 g/mol. The van der Waals surface area contributed by atoms with Crippen LogP contribution in [0.4, 0.5) is 13.2 Å². The zero-order valence-electron chi connectivity index (χ0n) is 8.27. The molecule has 1 aromatic heterocycles. The predicted molar refractivity (Wildman–Crippen MR) is 66.2 cm³/mol. The normalized spacial score (nSPS) is 15.1. The van der Waals surface area contributed by atoms with Crippen molar-refractivity contribution >= 4 is 49.6 Å². The first-order valence-corrected chi connectivity index (χ1v) is 7.02. The van der Waals surface area contributed by atoms with E-state index in [4.69, 9.17) is 5.26 Å². The molecule has 1 aliphatic carbocycles. The fraction of sp³-hybridized carbons (Fsp3) is 0.300. The molecule has 2 rings (SSSR count). The van der Waals surface area contributed by atoms with Crippen LogP contribution in [0.1, 0.15) is 17.7 Å². The number of fused-ring (bicyclic) bond motifs is 1. The predicted octanol–water partition coefficient (Wildman–Crippen LogP) is 3.31. The first-order valence-electron chi connectivity index (χ1n) is 4.60. The molecule has 1 heterocycles. The Bertz CT molecular complexity index is 609. The van der Waals surface area contributed by atoms with Crippen molar-refractivity contribution in [2.75, 3.05) is 0 Å². The number of thiophene rings is 1. The minimum Gasteiger partial charge on any atom is -0.191 e. The molecule has 0 unspecified atom stereocenters. The van der Waals surface area contributed by atoms with Gasteiger partial charge in [0.2, 0.25) is 0 Å². The SMILES string of the molecule is N#Cc1sc2c(c1SC(F)(F)F)=CCCC=2Br. The summed E-state index contributed by atoms with van der Waals surface area (Å²) in [7, 11) is 0. The fourth-order valence-electron chi connectivity index (χ4n) is 1.56. The number of rotatable bonds is 1. The maximum Gasteiger partial charge on any atom is 0.446 e. The molecule has 1 aliphatic rings. The number of nitriles is 1. The Kier molecular flexibility index (Phi) is 3.57. The van der Waals surface area contributed by atoms with Gasteiger partial charge in [0.05, 0.1) is 4.90 Å². The quantitative estimate of drug-likeness (QED) is 0.733. The Balaban J connectivity index is 2.69. The molecule has 0 saturated carbocycles. The van der Waals surface area contributed by atoms with Crippen molar-refractivity contribution in [3.05, 3.63) is 14.6 Å². The molecule has 0 radical (unpaired) electrons. The van der Waals surface area contributed by atoms with Gasteiger partial charge in [-0.25, -0.2) is 0 Å². The summed E-state index contributed by atoms with van der Waals surface area (Å²) in [5, 5.41) is 9.44. The third-order valence-electron chi connectivity index (χ3n) is 2.18. The van der Waals surface area contributed by atoms with Crippen LogP contribution in [0.5, 0.6) is 0 Å². The highest BCUT2D eigenvalue weighted by molar-refractivity contribution is 9.14. The van der Waals surface area contributed by atoms with Gasteiger partial charge in [-0.1, -0.05) is 22.0 Å². The van der Waals surface area contributed by atoms with E-state index in [1.54, 1.807) is 6.08 Å². The van der Waals surface area contributed by atoms with Gasteiger partial charge in [-0.3, -0.25) is 0 Å². The summed E-state index contributed by atoms with van der Waals surface area (Å²) in [4.78, 5) is 0.170. The molecular formula is C10H5BrF3NS2. The summed E-state index contributed by atoms with van der Waals surface area (Å²) in [6, 6.07) is 1.84. The van der Waals surface area contributed by atoms with Crippen LogP contribution >= 0.6 is 39.0 Å². The Morgan fingerprint density at radius 2 is 2.18 bits per heavy atom. The monoisotopic (exact) mass is 339 g/mol. The van der Waals surface area contributed by atoms with E-state index in [0.717, 1.165) is 26.8 Å². The second-order valence-corrected chi connectivity index (χ2v) is 6.36. The number of hydrogen-bond donors (Lipinski definition) is 0. The van der Waals surface area contributed by atoms with E-state index in [1.165, 1.54) is 0 Å². The minimum absolute atomic E-state index is 0.0386. The van der Waals surface area contributed by atoms with Gasteiger partial charge >= 0.3 is 5.51 Å². The number of alkyl halides is 3. The second kappa shape index (κ2) is 4.67. The molecule has 0 aromatic carbocycles. The third-order valence-corrected chi connectivity index (χ3v) is 5.39. The van der Waals surface area contributed by atoms with E-state index in [-0.39, 0.29) is 21.5 Å². The van der Waals surface area contributed by atoms with E-state index in [9.17, 15) is 13.2 Å². The van der Waals surface area contributed by atoms with Gasteiger partial charge in [-0.2, -0.15) is 18.4 Å². The third kappa shape index (κ3) is 2.69. The standard InChI is InChI=1S/C10H5BrF3NS2/c11-6-3-1-2-5-8(6)16-7(4-15)9(5)17-10(12,13)14/h2H,1,3H2.